The molecule has 0 bridgehead atoms. The zero-order chi connectivity index (χ0) is 24.3. The van der Waals surface area contributed by atoms with E-state index in [1.165, 1.54) is 25.3 Å². The van der Waals surface area contributed by atoms with Crippen LogP contribution in [0.1, 0.15) is 21.7 Å². The van der Waals surface area contributed by atoms with Gasteiger partial charge in [0.1, 0.15) is 17.4 Å². The van der Waals surface area contributed by atoms with Crippen molar-refractivity contribution in [2.45, 2.75) is 13.2 Å². The topological polar surface area (TPSA) is 89.1 Å². The fourth-order valence-electron chi connectivity index (χ4n) is 2.85. The Morgan fingerprint density at radius 1 is 1.11 bits per heavy atom. The van der Waals surface area contributed by atoms with Gasteiger partial charge in [0.05, 0.1) is 19.2 Å². The number of hydrogen-bond acceptors (Lipinski definition) is 5. The largest absolute Gasteiger partial charge is 2.00 e. The van der Waals surface area contributed by atoms with Crippen LogP contribution in [0, 0.1) is 44.1 Å². The molecule has 0 saturated heterocycles. The van der Waals surface area contributed by atoms with Crippen LogP contribution in [0.3, 0.4) is 0 Å². The standard InChI is InChI=1S/C18H15F2N4O3.C7H7.U/c1-26-13-8-4-2-6-11(13)16-22-15(23-24-16)10-21-17(25)12-7-3-5-9-14(12)27-18(19)20;1-7-5-3-2-4-6-7;/h2-7,9,18H,10H2,1H3,(H,21,25)(H,22,23,24);2-6H,1H2;/q2*-1;+2. The minimum absolute atomic E-state index is 0. The third-order valence-corrected chi connectivity index (χ3v) is 4.40. The van der Waals surface area contributed by atoms with E-state index in [0.717, 1.165) is 5.56 Å². The second-order valence-electron chi connectivity index (χ2n) is 6.77. The molecule has 0 aliphatic carbocycles. The second kappa shape index (κ2) is 14.1. The van der Waals surface area contributed by atoms with Gasteiger partial charge in [0.15, 0.2) is 0 Å². The van der Waals surface area contributed by atoms with Gasteiger partial charge in [-0.25, -0.2) is 4.98 Å². The summed E-state index contributed by atoms with van der Waals surface area (Å²) >= 11 is 0. The molecule has 4 aromatic rings. The molecule has 0 radical (unpaired) electrons. The number of alkyl halides is 2. The monoisotopic (exact) mass is 702 g/mol. The number of H-pyrrole nitrogens is 1. The van der Waals surface area contributed by atoms with Crippen molar-refractivity contribution in [1.82, 2.24) is 20.5 Å². The van der Waals surface area contributed by atoms with E-state index in [4.69, 9.17) is 4.74 Å². The molecule has 0 atom stereocenters. The molecule has 0 saturated carbocycles. The molecule has 3 aromatic carbocycles. The van der Waals surface area contributed by atoms with Crippen molar-refractivity contribution in [2.24, 2.45) is 0 Å². The van der Waals surface area contributed by atoms with Crippen molar-refractivity contribution < 1.29 is 54.2 Å². The first kappa shape index (κ1) is 27.9. The number of nitrogens with zero attached hydrogens (tertiary/aromatic N) is 2. The average molecular weight is 703 g/mol. The first-order chi connectivity index (χ1) is 16.5. The Morgan fingerprint density at radius 3 is 2.49 bits per heavy atom. The number of methoxy groups -OCH3 is 1. The number of halogens is 2. The van der Waals surface area contributed by atoms with Crippen molar-refractivity contribution in [2.75, 3.05) is 7.11 Å². The third-order valence-electron chi connectivity index (χ3n) is 4.40. The maximum absolute atomic E-state index is 12.5. The van der Waals surface area contributed by atoms with Crippen LogP contribution < -0.4 is 14.8 Å². The number of aromatic amines is 1. The first-order valence-corrected chi connectivity index (χ1v) is 10.1. The molecule has 2 N–H and O–H groups in total. The van der Waals surface area contributed by atoms with E-state index in [0.29, 0.717) is 23.0 Å². The SMILES string of the molecule is COc1[c-]cccc1-c1n[nH]c(CNC(=O)c2ccccc2OC(F)F)n1.[CH2-]c1ccccc1.[U+2]. The molecule has 1 amide bonds. The van der Waals surface area contributed by atoms with Gasteiger partial charge in [0.25, 0.3) is 5.91 Å². The normalized spacial score (nSPS) is 9.94. The van der Waals surface area contributed by atoms with E-state index in [9.17, 15) is 13.6 Å². The van der Waals surface area contributed by atoms with Crippen LogP contribution in [0.15, 0.2) is 72.8 Å². The summed E-state index contributed by atoms with van der Waals surface area (Å²) in [6, 6.07) is 23.8. The quantitative estimate of drug-likeness (QED) is 0.274. The molecule has 0 spiro atoms. The summed E-state index contributed by atoms with van der Waals surface area (Å²) in [7, 11) is 1.52. The second-order valence-corrected chi connectivity index (χ2v) is 6.77. The number of para-hydroxylation sites is 2. The van der Waals surface area contributed by atoms with Gasteiger partial charge in [-0.1, -0.05) is 18.2 Å². The first-order valence-electron chi connectivity index (χ1n) is 10.1. The van der Waals surface area contributed by atoms with E-state index in [1.807, 2.05) is 30.3 Å². The van der Waals surface area contributed by atoms with Gasteiger partial charge in [0, 0.05) is 5.75 Å². The van der Waals surface area contributed by atoms with Crippen LogP contribution in [0.25, 0.3) is 11.4 Å². The average Bonchev–Trinajstić information content (AvgIpc) is 3.32. The molecule has 35 heavy (non-hydrogen) atoms. The zero-order valence-corrected chi connectivity index (χ0v) is 23.0. The number of benzene rings is 3. The summed E-state index contributed by atoms with van der Waals surface area (Å²) in [6.07, 6.45) is 0. The maximum Gasteiger partial charge on any atom is 2.00 e. The Labute approximate surface area is 225 Å². The van der Waals surface area contributed by atoms with Crippen LogP contribution in [0.2, 0.25) is 0 Å². The van der Waals surface area contributed by atoms with Gasteiger partial charge in [0.2, 0.25) is 0 Å². The van der Waals surface area contributed by atoms with Crippen molar-refractivity contribution >= 4 is 5.91 Å². The van der Waals surface area contributed by atoms with E-state index in [-0.39, 0.29) is 49.0 Å². The predicted octanol–water partition coefficient (Wildman–Crippen LogP) is 4.68. The van der Waals surface area contributed by atoms with E-state index in [2.05, 4.69) is 38.2 Å². The molecular weight excluding hydrogens is 680 g/mol. The van der Waals surface area contributed by atoms with Gasteiger partial charge < -0.3 is 14.8 Å². The zero-order valence-electron chi connectivity index (χ0n) is 18.8. The van der Waals surface area contributed by atoms with Crippen molar-refractivity contribution in [1.29, 1.82) is 0 Å². The summed E-state index contributed by atoms with van der Waals surface area (Å²) in [4.78, 5) is 16.6. The number of hydrogen-bond donors (Lipinski definition) is 2. The van der Waals surface area contributed by atoms with Crippen LogP contribution in [0.5, 0.6) is 11.5 Å². The molecule has 0 aliphatic rings. The molecule has 7 nitrogen and oxygen atoms in total. The Kier molecular flexibility index (Phi) is 11.3. The number of carbonyl (C=O) groups excluding carboxylic acids is 1. The third kappa shape index (κ3) is 8.42. The van der Waals surface area contributed by atoms with Crippen molar-refractivity contribution in [3.8, 4) is 22.9 Å². The molecule has 0 unspecified atom stereocenters. The van der Waals surface area contributed by atoms with Gasteiger partial charge in [-0.3, -0.25) is 9.89 Å². The number of amides is 1. The molecule has 10 heteroatoms. The summed E-state index contributed by atoms with van der Waals surface area (Å²) in [6.45, 7) is 0.722. The van der Waals surface area contributed by atoms with Gasteiger partial charge in [-0.05, 0) is 17.7 Å². The molecule has 1 heterocycles. The number of aromatic nitrogens is 3. The molecule has 0 fully saturated rings. The predicted molar refractivity (Wildman–Crippen MR) is 122 cm³/mol. The van der Waals surface area contributed by atoms with Crippen molar-refractivity contribution in [3.05, 3.63) is 103 Å². The number of ether oxygens (including phenoxy) is 2. The number of rotatable bonds is 7. The molecular formula is C25H22F2N4O3U. The minimum Gasteiger partial charge on any atom is -0.522 e. The number of carbonyl (C=O) groups is 1. The molecule has 0 aliphatic heterocycles. The smallest absolute Gasteiger partial charge is 0.522 e. The van der Waals surface area contributed by atoms with Gasteiger partial charge >= 0.3 is 37.7 Å². The van der Waals surface area contributed by atoms with Crippen molar-refractivity contribution in [3.63, 3.8) is 0 Å². The summed E-state index contributed by atoms with van der Waals surface area (Å²) in [5.41, 5.74) is 1.71. The summed E-state index contributed by atoms with van der Waals surface area (Å²) in [5, 5.41) is 9.39. The fraction of sp³-hybridized carbons (Fsp3) is 0.120. The van der Waals surface area contributed by atoms with Crippen LogP contribution in [-0.2, 0) is 6.54 Å². The Hall–Kier alpha value is -3.35. The van der Waals surface area contributed by atoms with Gasteiger partial charge in [-0.15, -0.1) is 18.2 Å². The maximum atomic E-state index is 12.5. The van der Waals surface area contributed by atoms with E-state index >= 15 is 0 Å². The Morgan fingerprint density at radius 2 is 1.83 bits per heavy atom. The summed E-state index contributed by atoms with van der Waals surface area (Å²) < 4.78 is 34.5. The molecule has 1 aromatic heterocycles. The molecule has 178 valence electrons. The summed E-state index contributed by atoms with van der Waals surface area (Å²) in [5.74, 6) is 0.485. The number of nitrogens with one attached hydrogen (secondary N) is 2. The van der Waals surface area contributed by atoms with E-state index in [1.54, 1.807) is 24.3 Å². The van der Waals surface area contributed by atoms with Crippen LogP contribution >= 0.6 is 0 Å². The Balaban J connectivity index is 0.000000465. The van der Waals surface area contributed by atoms with Gasteiger partial charge in [-0.2, -0.15) is 56.7 Å². The van der Waals surface area contributed by atoms with Crippen LogP contribution in [0.4, 0.5) is 8.78 Å². The van der Waals surface area contributed by atoms with E-state index < -0.39 is 12.5 Å². The fourth-order valence-corrected chi connectivity index (χ4v) is 2.85. The molecule has 4 rings (SSSR count). The minimum atomic E-state index is -3.02. The van der Waals surface area contributed by atoms with Crippen LogP contribution in [-0.4, -0.2) is 34.8 Å². The Bertz CT molecular complexity index is 1210.